The van der Waals surface area contributed by atoms with Gasteiger partial charge in [-0.25, -0.2) is 4.79 Å². The number of rotatable bonds is 1. The fourth-order valence-corrected chi connectivity index (χ4v) is 4.22. The van der Waals surface area contributed by atoms with Crippen LogP contribution in [0.15, 0.2) is 19.5 Å². The van der Waals surface area contributed by atoms with E-state index in [9.17, 15) is 9.90 Å². The standard InChI is InChI=1S/C9H7Br3N2O2/c10-3-1-4(11)8(15)7(12)6(3)5-2-13-9(16)14-5/h1,5,15H,2H2,(H2,13,14,16)/t5-/m1/s1. The van der Waals surface area contributed by atoms with Gasteiger partial charge in [-0.3, -0.25) is 0 Å². The number of hydrogen-bond acceptors (Lipinski definition) is 2. The van der Waals surface area contributed by atoms with Crippen LogP contribution in [-0.2, 0) is 0 Å². The van der Waals surface area contributed by atoms with Crippen molar-refractivity contribution in [2.45, 2.75) is 6.04 Å². The summed E-state index contributed by atoms with van der Waals surface area (Å²) in [5, 5.41) is 15.2. The minimum atomic E-state index is -0.203. The molecule has 0 aromatic heterocycles. The lowest BCUT2D eigenvalue weighted by molar-refractivity contribution is 0.247. The largest absolute Gasteiger partial charge is 0.506 e. The zero-order chi connectivity index (χ0) is 11.9. The Kier molecular flexibility index (Phi) is 3.46. The number of carbonyl (C=O) groups excluding carboxylic acids is 1. The van der Waals surface area contributed by atoms with Crippen molar-refractivity contribution in [2.24, 2.45) is 0 Å². The Balaban J connectivity index is 2.48. The number of halogens is 3. The van der Waals surface area contributed by atoms with E-state index in [0.717, 1.165) is 10.0 Å². The van der Waals surface area contributed by atoms with Crippen LogP contribution in [0.1, 0.15) is 11.6 Å². The second-order valence-electron chi connectivity index (χ2n) is 3.32. The second-order valence-corrected chi connectivity index (χ2v) is 5.83. The Hall–Kier alpha value is -0.270. The average Bonchev–Trinajstić information content (AvgIpc) is 2.61. The van der Waals surface area contributed by atoms with E-state index in [-0.39, 0.29) is 17.8 Å². The SMILES string of the molecule is O=C1NC[C@H](c2c(Br)cc(Br)c(O)c2Br)N1. The highest BCUT2D eigenvalue weighted by molar-refractivity contribution is 9.11. The van der Waals surface area contributed by atoms with Gasteiger partial charge in [0.05, 0.1) is 15.0 Å². The summed E-state index contributed by atoms with van der Waals surface area (Å²) in [5.74, 6) is 0.124. The minimum Gasteiger partial charge on any atom is -0.506 e. The molecule has 0 radical (unpaired) electrons. The van der Waals surface area contributed by atoms with E-state index >= 15 is 0 Å². The fraction of sp³-hybridized carbons (Fsp3) is 0.222. The van der Waals surface area contributed by atoms with Gasteiger partial charge in [0, 0.05) is 16.6 Å². The number of phenolic OH excluding ortho intramolecular Hbond substituents is 1. The molecule has 1 saturated heterocycles. The highest BCUT2D eigenvalue weighted by Gasteiger charge is 2.27. The Morgan fingerprint density at radius 3 is 2.56 bits per heavy atom. The Morgan fingerprint density at radius 1 is 1.31 bits per heavy atom. The van der Waals surface area contributed by atoms with Crippen LogP contribution in [0.2, 0.25) is 0 Å². The minimum absolute atomic E-state index is 0.124. The van der Waals surface area contributed by atoms with Crippen molar-refractivity contribution in [1.29, 1.82) is 0 Å². The lowest BCUT2D eigenvalue weighted by Crippen LogP contribution is -2.22. The van der Waals surface area contributed by atoms with E-state index in [1.807, 2.05) is 0 Å². The van der Waals surface area contributed by atoms with Gasteiger partial charge in [0.15, 0.2) is 0 Å². The van der Waals surface area contributed by atoms with Crippen molar-refractivity contribution in [3.05, 3.63) is 25.0 Å². The first kappa shape index (κ1) is 12.2. The molecule has 0 unspecified atom stereocenters. The van der Waals surface area contributed by atoms with E-state index in [0.29, 0.717) is 15.5 Å². The van der Waals surface area contributed by atoms with Crippen molar-refractivity contribution in [3.8, 4) is 5.75 Å². The summed E-state index contributed by atoms with van der Waals surface area (Å²) in [4.78, 5) is 11.1. The molecular formula is C9H7Br3N2O2. The van der Waals surface area contributed by atoms with Crippen molar-refractivity contribution in [3.63, 3.8) is 0 Å². The van der Waals surface area contributed by atoms with Crippen LogP contribution in [0.4, 0.5) is 4.79 Å². The first-order valence-corrected chi connectivity index (χ1v) is 6.79. The van der Waals surface area contributed by atoms with Crippen LogP contribution in [0.25, 0.3) is 0 Å². The number of aromatic hydroxyl groups is 1. The summed E-state index contributed by atoms with van der Waals surface area (Å²) >= 11 is 9.97. The number of phenols is 1. The molecule has 1 heterocycles. The fourth-order valence-electron chi connectivity index (χ4n) is 1.54. The molecule has 1 fully saturated rings. The van der Waals surface area contributed by atoms with Crippen LogP contribution >= 0.6 is 47.8 Å². The maximum Gasteiger partial charge on any atom is 0.315 e. The molecule has 16 heavy (non-hydrogen) atoms. The van der Waals surface area contributed by atoms with Gasteiger partial charge >= 0.3 is 6.03 Å². The van der Waals surface area contributed by atoms with Gasteiger partial charge in [0.2, 0.25) is 0 Å². The zero-order valence-electron chi connectivity index (χ0n) is 7.85. The molecule has 0 spiro atoms. The normalized spacial score (nSPS) is 19.4. The predicted molar refractivity (Wildman–Crippen MR) is 70.5 cm³/mol. The number of carbonyl (C=O) groups is 1. The monoisotopic (exact) mass is 412 g/mol. The number of nitrogens with one attached hydrogen (secondary N) is 2. The average molecular weight is 415 g/mol. The summed E-state index contributed by atoms with van der Waals surface area (Å²) in [6, 6.07) is 1.39. The van der Waals surface area contributed by atoms with Crippen molar-refractivity contribution < 1.29 is 9.90 Å². The van der Waals surface area contributed by atoms with Crippen LogP contribution in [-0.4, -0.2) is 17.7 Å². The molecule has 0 bridgehead atoms. The van der Waals surface area contributed by atoms with Crippen LogP contribution in [0.3, 0.4) is 0 Å². The van der Waals surface area contributed by atoms with Gasteiger partial charge in [-0.2, -0.15) is 0 Å². The molecular weight excluding hydrogens is 408 g/mol. The van der Waals surface area contributed by atoms with Crippen molar-refractivity contribution >= 4 is 53.8 Å². The van der Waals surface area contributed by atoms with Gasteiger partial charge in [-0.05, 0) is 37.9 Å². The van der Waals surface area contributed by atoms with Gasteiger partial charge in [-0.15, -0.1) is 0 Å². The van der Waals surface area contributed by atoms with Gasteiger partial charge in [0.25, 0.3) is 0 Å². The van der Waals surface area contributed by atoms with E-state index in [2.05, 4.69) is 58.4 Å². The summed E-state index contributed by atoms with van der Waals surface area (Å²) in [5.41, 5.74) is 0.819. The molecule has 1 aliphatic rings. The highest BCUT2D eigenvalue weighted by Crippen LogP contribution is 2.42. The maximum absolute atomic E-state index is 11.1. The molecule has 3 N–H and O–H groups in total. The Morgan fingerprint density at radius 2 is 2.00 bits per heavy atom. The van der Waals surface area contributed by atoms with E-state index in [1.54, 1.807) is 6.07 Å². The van der Waals surface area contributed by atoms with Crippen LogP contribution in [0.5, 0.6) is 5.75 Å². The lowest BCUT2D eigenvalue weighted by atomic mass is 10.1. The molecule has 2 rings (SSSR count). The van der Waals surface area contributed by atoms with E-state index in [4.69, 9.17) is 0 Å². The molecule has 1 atom stereocenters. The maximum atomic E-state index is 11.1. The molecule has 4 nitrogen and oxygen atoms in total. The summed E-state index contributed by atoms with van der Waals surface area (Å²) in [6.07, 6.45) is 0. The third kappa shape index (κ3) is 2.08. The Labute approximate surface area is 117 Å². The van der Waals surface area contributed by atoms with Crippen LogP contribution in [0, 0.1) is 0 Å². The van der Waals surface area contributed by atoms with Crippen LogP contribution < -0.4 is 10.6 Å². The first-order valence-electron chi connectivity index (χ1n) is 4.41. The number of hydrogen-bond donors (Lipinski definition) is 3. The second kappa shape index (κ2) is 4.54. The molecule has 0 saturated carbocycles. The predicted octanol–water partition coefficient (Wildman–Crippen LogP) is 3.03. The molecule has 1 aliphatic heterocycles. The number of benzene rings is 1. The molecule has 2 amide bonds. The Bertz CT molecular complexity index is 465. The molecule has 7 heteroatoms. The number of urea groups is 1. The molecule has 0 aliphatic carbocycles. The van der Waals surface area contributed by atoms with E-state index in [1.165, 1.54) is 0 Å². The molecule has 86 valence electrons. The third-order valence-corrected chi connectivity index (χ3v) is 4.37. The van der Waals surface area contributed by atoms with Crippen molar-refractivity contribution in [2.75, 3.05) is 6.54 Å². The first-order chi connectivity index (χ1) is 7.50. The third-order valence-electron chi connectivity index (χ3n) is 2.30. The summed E-state index contributed by atoms with van der Waals surface area (Å²) in [6.45, 7) is 0.497. The molecule has 1 aromatic carbocycles. The topological polar surface area (TPSA) is 61.4 Å². The zero-order valence-corrected chi connectivity index (χ0v) is 12.6. The van der Waals surface area contributed by atoms with Gasteiger partial charge in [-0.1, -0.05) is 15.9 Å². The summed E-state index contributed by atoms with van der Waals surface area (Å²) in [7, 11) is 0. The van der Waals surface area contributed by atoms with Gasteiger partial charge in [0.1, 0.15) is 5.75 Å². The quantitative estimate of drug-likeness (QED) is 0.661. The number of amides is 2. The highest BCUT2D eigenvalue weighted by atomic mass is 79.9. The van der Waals surface area contributed by atoms with Crippen molar-refractivity contribution in [1.82, 2.24) is 10.6 Å². The smallest absolute Gasteiger partial charge is 0.315 e. The van der Waals surface area contributed by atoms with E-state index < -0.39 is 0 Å². The molecule has 1 aromatic rings. The lowest BCUT2D eigenvalue weighted by Gasteiger charge is -2.15. The van der Waals surface area contributed by atoms with Gasteiger partial charge < -0.3 is 15.7 Å². The summed E-state index contributed by atoms with van der Waals surface area (Å²) < 4.78 is 1.98.